The predicted octanol–water partition coefficient (Wildman–Crippen LogP) is -0.129. The fraction of sp³-hybridized carbons (Fsp3) is 0.846. The van der Waals surface area contributed by atoms with Crippen molar-refractivity contribution in [3.63, 3.8) is 0 Å². The summed E-state index contributed by atoms with van der Waals surface area (Å²) in [7, 11) is 1.90. The Balaban J connectivity index is 1.95. The van der Waals surface area contributed by atoms with Crippen LogP contribution in [0.2, 0.25) is 0 Å². The second kappa shape index (κ2) is 6.41. The van der Waals surface area contributed by atoms with Crippen molar-refractivity contribution < 1.29 is 19.4 Å². The number of hydrogen-bond donors (Lipinski definition) is 3. The van der Waals surface area contributed by atoms with Crippen LogP contribution in [0.15, 0.2) is 0 Å². The topological polar surface area (TPSA) is 90.9 Å². The maximum absolute atomic E-state index is 12.3. The summed E-state index contributed by atoms with van der Waals surface area (Å²) in [5, 5.41) is 15.1. The lowest BCUT2D eigenvalue weighted by Gasteiger charge is -2.35. The summed E-state index contributed by atoms with van der Waals surface area (Å²) in [6, 6.07) is -0.293. The maximum atomic E-state index is 12.3. The molecule has 0 radical (unpaired) electrons. The van der Waals surface area contributed by atoms with Crippen LogP contribution in [-0.2, 0) is 9.53 Å². The molecule has 2 aliphatic heterocycles. The molecule has 0 bridgehead atoms. The summed E-state index contributed by atoms with van der Waals surface area (Å²) in [5.74, 6) is -0.591. The van der Waals surface area contributed by atoms with Crippen LogP contribution in [0.4, 0.5) is 4.79 Å². The van der Waals surface area contributed by atoms with Gasteiger partial charge < -0.3 is 25.4 Å². The first-order valence-electron chi connectivity index (χ1n) is 7.10. The summed E-state index contributed by atoms with van der Waals surface area (Å²) < 4.78 is 5.15. The van der Waals surface area contributed by atoms with E-state index < -0.39 is 11.5 Å². The monoisotopic (exact) mass is 285 g/mol. The van der Waals surface area contributed by atoms with E-state index >= 15 is 0 Å². The first-order chi connectivity index (χ1) is 9.57. The minimum Gasteiger partial charge on any atom is -0.479 e. The Kier molecular flexibility index (Phi) is 4.82. The van der Waals surface area contributed by atoms with Gasteiger partial charge in [-0.1, -0.05) is 0 Å². The highest BCUT2D eigenvalue weighted by molar-refractivity contribution is 5.86. The Morgan fingerprint density at radius 3 is 2.90 bits per heavy atom. The van der Waals surface area contributed by atoms with Gasteiger partial charge in [0.05, 0.1) is 6.61 Å². The number of carboxylic acids is 1. The van der Waals surface area contributed by atoms with Gasteiger partial charge in [0.25, 0.3) is 0 Å². The van der Waals surface area contributed by atoms with E-state index in [1.165, 1.54) is 0 Å². The molecule has 20 heavy (non-hydrogen) atoms. The highest BCUT2D eigenvalue weighted by Gasteiger charge is 2.45. The highest BCUT2D eigenvalue weighted by atomic mass is 16.5. The Morgan fingerprint density at radius 2 is 2.30 bits per heavy atom. The van der Waals surface area contributed by atoms with Gasteiger partial charge in [0.1, 0.15) is 0 Å². The largest absolute Gasteiger partial charge is 0.479 e. The molecule has 2 aliphatic rings. The number of hydrogen-bond acceptors (Lipinski definition) is 4. The molecule has 2 amide bonds. The lowest BCUT2D eigenvalue weighted by Crippen LogP contribution is -2.59. The number of aliphatic carboxylic acids is 1. The molecule has 0 saturated carbocycles. The quantitative estimate of drug-likeness (QED) is 0.669. The molecule has 2 saturated heterocycles. The SMILES string of the molecule is CNCC1CCCN(C(=O)NC2(C(=O)O)CCOC2)C1. The first-order valence-corrected chi connectivity index (χ1v) is 7.10. The lowest BCUT2D eigenvalue weighted by molar-refractivity contribution is -0.144. The summed E-state index contributed by atoms with van der Waals surface area (Å²) in [5.41, 5.74) is -1.26. The Labute approximate surface area is 118 Å². The van der Waals surface area contributed by atoms with Crippen LogP contribution >= 0.6 is 0 Å². The summed E-state index contributed by atoms with van der Waals surface area (Å²) in [4.78, 5) is 25.4. The van der Waals surface area contributed by atoms with Crippen molar-refractivity contribution in [3.8, 4) is 0 Å². The summed E-state index contributed by atoms with van der Waals surface area (Å²) >= 11 is 0. The van der Waals surface area contributed by atoms with Crippen LogP contribution in [0.5, 0.6) is 0 Å². The zero-order valence-electron chi connectivity index (χ0n) is 11.9. The number of urea groups is 1. The minimum absolute atomic E-state index is 0.0435. The van der Waals surface area contributed by atoms with Gasteiger partial charge in [-0.15, -0.1) is 0 Å². The van der Waals surface area contributed by atoms with E-state index in [0.717, 1.165) is 19.4 Å². The van der Waals surface area contributed by atoms with Crippen molar-refractivity contribution in [2.24, 2.45) is 5.92 Å². The third-order valence-electron chi connectivity index (χ3n) is 4.08. The van der Waals surface area contributed by atoms with E-state index in [-0.39, 0.29) is 12.6 Å². The van der Waals surface area contributed by atoms with Crippen molar-refractivity contribution in [2.75, 3.05) is 39.9 Å². The van der Waals surface area contributed by atoms with E-state index in [1.807, 2.05) is 7.05 Å². The first kappa shape index (κ1) is 15.1. The number of carbonyl (C=O) groups excluding carboxylic acids is 1. The van der Waals surface area contributed by atoms with Crippen molar-refractivity contribution in [2.45, 2.75) is 24.8 Å². The molecule has 114 valence electrons. The van der Waals surface area contributed by atoms with Gasteiger partial charge in [0.2, 0.25) is 0 Å². The smallest absolute Gasteiger partial charge is 0.332 e. The van der Waals surface area contributed by atoms with Crippen molar-refractivity contribution >= 4 is 12.0 Å². The maximum Gasteiger partial charge on any atom is 0.332 e. The van der Waals surface area contributed by atoms with Gasteiger partial charge in [-0.3, -0.25) is 0 Å². The zero-order chi connectivity index (χ0) is 14.6. The molecule has 0 aliphatic carbocycles. The fourth-order valence-corrected chi connectivity index (χ4v) is 2.87. The number of nitrogens with one attached hydrogen (secondary N) is 2. The number of carboxylic acid groups (broad SMARTS) is 1. The Hall–Kier alpha value is -1.34. The zero-order valence-corrected chi connectivity index (χ0v) is 11.9. The molecule has 2 atom stereocenters. The molecule has 7 heteroatoms. The van der Waals surface area contributed by atoms with E-state index in [4.69, 9.17) is 4.74 Å². The third-order valence-corrected chi connectivity index (χ3v) is 4.08. The number of ether oxygens (including phenoxy) is 1. The fourth-order valence-electron chi connectivity index (χ4n) is 2.87. The van der Waals surface area contributed by atoms with Gasteiger partial charge in [-0.25, -0.2) is 9.59 Å². The van der Waals surface area contributed by atoms with Crippen molar-refractivity contribution in [1.82, 2.24) is 15.5 Å². The van der Waals surface area contributed by atoms with Gasteiger partial charge in [-0.2, -0.15) is 0 Å². The molecule has 2 unspecified atom stereocenters. The van der Waals surface area contributed by atoms with E-state index in [0.29, 0.717) is 32.0 Å². The normalized spacial score (nSPS) is 30.2. The number of carbonyl (C=O) groups is 2. The van der Waals surface area contributed by atoms with E-state index in [2.05, 4.69) is 10.6 Å². The summed E-state index contributed by atoms with van der Waals surface area (Å²) in [6.07, 6.45) is 2.37. The molecule has 7 nitrogen and oxygen atoms in total. The molecule has 0 spiro atoms. The van der Waals surface area contributed by atoms with E-state index in [1.54, 1.807) is 4.90 Å². The molecular formula is C13H23N3O4. The molecule has 0 aromatic carbocycles. The second-order valence-corrected chi connectivity index (χ2v) is 5.63. The van der Waals surface area contributed by atoms with Crippen LogP contribution in [0.25, 0.3) is 0 Å². The van der Waals surface area contributed by atoms with Crippen LogP contribution in [0.1, 0.15) is 19.3 Å². The summed E-state index contributed by atoms with van der Waals surface area (Å²) in [6.45, 7) is 2.64. The van der Waals surface area contributed by atoms with Crippen LogP contribution in [-0.4, -0.2) is 67.4 Å². The average Bonchev–Trinajstić information content (AvgIpc) is 2.89. The molecule has 0 aromatic rings. The van der Waals surface area contributed by atoms with Gasteiger partial charge in [0, 0.05) is 26.1 Å². The molecule has 3 N–H and O–H groups in total. The number of likely N-dealkylation sites (tertiary alicyclic amines) is 1. The van der Waals surface area contributed by atoms with Gasteiger partial charge >= 0.3 is 12.0 Å². The highest BCUT2D eigenvalue weighted by Crippen LogP contribution is 2.21. The lowest BCUT2D eigenvalue weighted by atomic mass is 9.97. The minimum atomic E-state index is -1.26. The van der Waals surface area contributed by atoms with Crippen LogP contribution in [0, 0.1) is 5.92 Å². The van der Waals surface area contributed by atoms with Crippen LogP contribution in [0.3, 0.4) is 0 Å². The second-order valence-electron chi connectivity index (χ2n) is 5.63. The average molecular weight is 285 g/mol. The molecule has 2 heterocycles. The molecule has 2 rings (SSSR count). The van der Waals surface area contributed by atoms with E-state index in [9.17, 15) is 14.7 Å². The predicted molar refractivity (Wildman–Crippen MR) is 72.6 cm³/mol. The van der Waals surface area contributed by atoms with Crippen LogP contribution < -0.4 is 10.6 Å². The number of piperidine rings is 1. The number of nitrogens with zero attached hydrogens (tertiary/aromatic N) is 1. The third kappa shape index (κ3) is 3.21. The Bertz CT molecular complexity index is 367. The number of rotatable bonds is 4. The van der Waals surface area contributed by atoms with Gasteiger partial charge in [-0.05, 0) is 32.4 Å². The standard InChI is InChI=1S/C13H23N3O4/c1-14-7-10-3-2-5-16(8-10)12(19)15-13(11(17)18)4-6-20-9-13/h10,14H,2-9H2,1H3,(H,15,19)(H,17,18). The molecular weight excluding hydrogens is 262 g/mol. The molecule has 2 fully saturated rings. The number of amides is 2. The van der Waals surface area contributed by atoms with Gasteiger partial charge in [0.15, 0.2) is 5.54 Å². The Morgan fingerprint density at radius 1 is 1.50 bits per heavy atom. The molecule has 0 aromatic heterocycles. The van der Waals surface area contributed by atoms with Crippen molar-refractivity contribution in [1.29, 1.82) is 0 Å². The van der Waals surface area contributed by atoms with Crippen molar-refractivity contribution in [3.05, 3.63) is 0 Å².